The highest BCUT2D eigenvalue weighted by molar-refractivity contribution is 9.10. The van der Waals surface area contributed by atoms with E-state index in [-0.39, 0.29) is 24.3 Å². The Morgan fingerprint density at radius 3 is 2.70 bits per heavy atom. The van der Waals surface area contributed by atoms with Crippen LogP contribution in [-0.2, 0) is 17.7 Å². The summed E-state index contributed by atoms with van der Waals surface area (Å²) in [6, 6.07) is 7.23. The van der Waals surface area contributed by atoms with E-state index in [1.54, 1.807) is 13.0 Å². The molecule has 2 aromatic rings. The average Bonchev–Trinajstić information content (AvgIpc) is 2.98. The van der Waals surface area contributed by atoms with Crippen molar-refractivity contribution in [3.05, 3.63) is 50.3 Å². The molecular weight excluding hydrogens is 452 g/mol. The van der Waals surface area contributed by atoms with E-state index in [4.69, 9.17) is 4.74 Å². The molecule has 27 heavy (non-hydrogen) atoms. The minimum Gasteiger partial charge on any atom is -0.462 e. The zero-order valence-electron chi connectivity index (χ0n) is 15.2. The highest BCUT2D eigenvalue weighted by atomic mass is 79.9. The number of benzene rings is 1. The molecule has 1 aromatic carbocycles. The number of carbonyl (C=O) groups is 2. The van der Waals surface area contributed by atoms with Crippen molar-refractivity contribution in [2.24, 2.45) is 0 Å². The van der Waals surface area contributed by atoms with Gasteiger partial charge in [-0.15, -0.1) is 23.7 Å². The Balaban J connectivity index is 0.00000261. The first-order valence-corrected chi connectivity index (χ1v) is 10.3. The fourth-order valence-electron chi connectivity index (χ4n) is 3.05. The lowest BCUT2D eigenvalue weighted by molar-refractivity contribution is 0.0526. The first-order valence-electron chi connectivity index (χ1n) is 8.65. The van der Waals surface area contributed by atoms with Crippen molar-refractivity contribution in [2.45, 2.75) is 26.8 Å². The van der Waals surface area contributed by atoms with Crippen LogP contribution in [0.5, 0.6) is 0 Å². The van der Waals surface area contributed by atoms with Crippen molar-refractivity contribution < 1.29 is 14.3 Å². The Morgan fingerprint density at radius 1 is 1.30 bits per heavy atom. The molecule has 2 heterocycles. The molecule has 0 fully saturated rings. The number of esters is 1. The van der Waals surface area contributed by atoms with Gasteiger partial charge in [0.15, 0.2) is 0 Å². The number of rotatable bonds is 5. The van der Waals surface area contributed by atoms with Crippen LogP contribution in [0.3, 0.4) is 0 Å². The third kappa shape index (κ3) is 4.71. The molecule has 3 rings (SSSR count). The molecule has 0 saturated heterocycles. The van der Waals surface area contributed by atoms with Gasteiger partial charge in [-0.25, -0.2) is 4.79 Å². The van der Waals surface area contributed by atoms with Crippen LogP contribution in [-0.4, -0.2) is 36.5 Å². The molecule has 1 aromatic heterocycles. The van der Waals surface area contributed by atoms with Gasteiger partial charge in [-0.1, -0.05) is 19.1 Å². The largest absolute Gasteiger partial charge is 0.462 e. The molecule has 1 aliphatic heterocycles. The van der Waals surface area contributed by atoms with Crippen LogP contribution in [0.2, 0.25) is 0 Å². The van der Waals surface area contributed by atoms with Gasteiger partial charge in [-0.3, -0.25) is 9.69 Å². The van der Waals surface area contributed by atoms with Gasteiger partial charge in [0, 0.05) is 22.4 Å². The number of nitrogens with one attached hydrogen (secondary N) is 1. The number of anilines is 1. The van der Waals surface area contributed by atoms with E-state index >= 15 is 0 Å². The van der Waals surface area contributed by atoms with E-state index in [0.717, 1.165) is 36.5 Å². The maximum atomic E-state index is 12.7. The number of hydrogen-bond acceptors (Lipinski definition) is 5. The first kappa shape index (κ1) is 21.9. The molecule has 1 amide bonds. The van der Waals surface area contributed by atoms with Gasteiger partial charge in [-0.05, 0) is 53.5 Å². The van der Waals surface area contributed by atoms with Crippen LogP contribution in [0.15, 0.2) is 28.7 Å². The lowest BCUT2D eigenvalue weighted by Crippen LogP contribution is -2.30. The minimum absolute atomic E-state index is 0. The second-order valence-corrected chi connectivity index (χ2v) is 7.94. The van der Waals surface area contributed by atoms with Gasteiger partial charge in [0.05, 0.1) is 17.7 Å². The van der Waals surface area contributed by atoms with Gasteiger partial charge in [0.2, 0.25) is 0 Å². The molecule has 5 nitrogen and oxygen atoms in total. The summed E-state index contributed by atoms with van der Waals surface area (Å²) in [4.78, 5) is 28.7. The predicted octanol–water partition coefficient (Wildman–Crippen LogP) is 4.74. The fraction of sp³-hybridized carbons (Fsp3) is 0.368. The maximum absolute atomic E-state index is 12.7. The Bertz CT molecular complexity index is 840. The Labute approximate surface area is 177 Å². The average molecular weight is 474 g/mol. The van der Waals surface area contributed by atoms with Crippen molar-refractivity contribution >= 4 is 56.6 Å². The fourth-order valence-corrected chi connectivity index (χ4v) is 4.79. The van der Waals surface area contributed by atoms with Gasteiger partial charge in [0.25, 0.3) is 5.91 Å². The lowest BCUT2D eigenvalue weighted by atomic mass is 10.0. The van der Waals surface area contributed by atoms with Crippen molar-refractivity contribution in [3.8, 4) is 0 Å². The summed E-state index contributed by atoms with van der Waals surface area (Å²) < 4.78 is 5.97. The van der Waals surface area contributed by atoms with Crippen LogP contribution >= 0.6 is 39.7 Å². The second kappa shape index (κ2) is 9.68. The normalized spacial score (nSPS) is 13.4. The number of thiophene rings is 1. The summed E-state index contributed by atoms with van der Waals surface area (Å²) in [6.07, 6.45) is 0.790. The highest BCUT2D eigenvalue weighted by Crippen LogP contribution is 2.38. The maximum Gasteiger partial charge on any atom is 0.341 e. The lowest BCUT2D eigenvalue weighted by Gasteiger charge is -2.25. The van der Waals surface area contributed by atoms with E-state index in [0.29, 0.717) is 27.2 Å². The number of ether oxygens (including phenoxy) is 1. The summed E-state index contributed by atoms with van der Waals surface area (Å²) in [5, 5.41) is 3.50. The molecule has 0 aliphatic carbocycles. The van der Waals surface area contributed by atoms with Crippen molar-refractivity contribution in [3.63, 3.8) is 0 Å². The Hall–Kier alpha value is -1.41. The smallest absolute Gasteiger partial charge is 0.341 e. The number of fused-ring (bicyclic) bond motifs is 1. The third-order valence-electron chi connectivity index (χ3n) is 4.41. The number of amides is 1. The Morgan fingerprint density at radius 2 is 2.04 bits per heavy atom. The molecule has 0 spiro atoms. The summed E-state index contributed by atoms with van der Waals surface area (Å²) in [6.45, 7) is 6.89. The molecule has 1 N–H and O–H groups in total. The van der Waals surface area contributed by atoms with Crippen LogP contribution in [0, 0.1) is 0 Å². The molecule has 0 atom stereocenters. The number of halogens is 2. The van der Waals surface area contributed by atoms with Crippen LogP contribution in [0.25, 0.3) is 0 Å². The van der Waals surface area contributed by atoms with Gasteiger partial charge < -0.3 is 10.1 Å². The standard InChI is InChI=1S/C19H21BrN2O3S.ClH/c1-3-22-10-9-13-15(11-22)26-18(16(13)19(24)25-4-2)21-17(23)12-7-5-6-8-14(12)20;/h5-8H,3-4,9-11H2,1-2H3,(H,21,23);1H. The summed E-state index contributed by atoms with van der Waals surface area (Å²) in [5.74, 6) is -0.605. The van der Waals surface area contributed by atoms with Crippen LogP contribution in [0.1, 0.15) is 45.0 Å². The van der Waals surface area contributed by atoms with Crippen LogP contribution < -0.4 is 5.32 Å². The van der Waals surface area contributed by atoms with Crippen LogP contribution in [0.4, 0.5) is 5.00 Å². The number of hydrogen-bond donors (Lipinski definition) is 1. The van der Waals surface area contributed by atoms with E-state index in [2.05, 4.69) is 33.1 Å². The predicted molar refractivity (Wildman–Crippen MR) is 114 cm³/mol. The quantitative estimate of drug-likeness (QED) is 0.637. The third-order valence-corrected chi connectivity index (χ3v) is 6.23. The molecule has 0 radical (unpaired) electrons. The molecule has 8 heteroatoms. The SMILES string of the molecule is CCOC(=O)c1c(NC(=O)c2ccccc2Br)sc2c1CCN(CC)C2.Cl. The van der Waals surface area contributed by atoms with E-state index in [9.17, 15) is 9.59 Å². The zero-order chi connectivity index (χ0) is 18.7. The van der Waals surface area contributed by atoms with Crippen molar-refractivity contribution in [1.82, 2.24) is 4.90 Å². The zero-order valence-corrected chi connectivity index (χ0v) is 18.4. The van der Waals surface area contributed by atoms with E-state index in [1.807, 2.05) is 18.2 Å². The highest BCUT2D eigenvalue weighted by Gasteiger charge is 2.29. The van der Waals surface area contributed by atoms with E-state index < -0.39 is 0 Å². The van der Waals surface area contributed by atoms with Gasteiger partial charge in [0.1, 0.15) is 5.00 Å². The van der Waals surface area contributed by atoms with Gasteiger partial charge >= 0.3 is 5.97 Å². The summed E-state index contributed by atoms with van der Waals surface area (Å²) in [5.41, 5.74) is 2.06. The summed E-state index contributed by atoms with van der Waals surface area (Å²) in [7, 11) is 0. The van der Waals surface area contributed by atoms with Gasteiger partial charge in [-0.2, -0.15) is 0 Å². The molecule has 0 unspecified atom stereocenters. The molecular formula is C19H22BrClN2O3S. The monoisotopic (exact) mass is 472 g/mol. The first-order chi connectivity index (χ1) is 12.5. The molecule has 0 bridgehead atoms. The Kier molecular flexibility index (Phi) is 7.85. The molecule has 0 saturated carbocycles. The minimum atomic E-state index is -0.364. The topological polar surface area (TPSA) is 58.6 Å². The van der Waals surface area contributed by atoms with Crippen molar-refractivity contribution in [2.75, 3.05) is 25.0 Å². The van der Waals surface area contributed by atoms with E-state index in [1.165, 1.54) is 11.3 Å². The number of nitrogens with zero attached hydrogens (tertiary/aromatic N) is 1. The second-order valence-electron chi connectivity index (χ2n) is 5.98. The van der Waals surface area contributed by atoms with Crippen molar-refractivity contribution in [1.29, 1.82) is 0 Å². The summed E-state index contributed by atoms with van der Waals surface area (Å²) >= 11 is 4.88. The molecule has 1 aliphatic rings. The molecule has 146 valence electrons. The number of carbonyl (C=O) groups excluding carboxylic acids is 2. The number of likely N-dealkylation sites (N-methyl/N-ethyl adjacent to an activating group) is 1.